The molecule has 6 heteroatoms. The van der Waals surface area contributed by atoms with Crippen LogP contribution in [0.2, 0.25) is 0 Å². The van der Waals surface area contributed by atoms with Gasteiger partial charge < -0.3 is 15.1 Å². The van der Waals surface area contributed by atoms with Crippen LogP contribution in [-0.2, 0) is 4.79 Å². The molecule has 1 N–H and O–H groups in total. The zero-order valence-corrected chi connectivity index (χ0v) is 17.6. The van der Waals surface area contributed by atoms with Crippen LogP contribution in [0.15, 0.2) is 4.99 Å². The predicted octanol–water partition coefficient (Wildman–Crippen LogP) is 2.02. The molecule has 6 nitrogen and oxygen atoms in total. The number of guanidine groups is 1. The zero-order chi connectivity index (χ0) is 19.2. The number of hydrogen-bond donors (Lipinski definition) is 1. The summed E-state index contributed by atoms with van der Waals surface area (Å²) in [6.45, 7) is 9.12. The molecule has 1 amide bonds. The second-order valence-corrected chi connectivity index (χ2v) is 8.16. The molecule has 1 saturated heterocycles. The van der Waals surface area contributed by atoms with Gasteiger partial charge in [-0.25, -0.2) is 0 Å². The van der Waals surface area contributed by atoms with Gasteiger partial charge in [0.25, 0.3) is 0 Å². The van der Waals surface area contributed by atoms with E-state index >= 15 is 0 Å². The summed E-state index contributed by atoms with van der Waals surface area (Å²) in [4.78, 5) is 24.3. The Balaban J connectivity index is 2.08. The monoisotopic (exact) mass is 365 g/mol. The fraction of sp³-hybridized carbons (Fsp3) is 0.900. The van der Waals surface area contributed by atoms with Crippen LogP contribution in [0.25, 0.3) is 0 Å². The van der Waals surface area contributed by atoms with Crippen molar-refractivity contribution in [3.8, 4) is 0 Å². The summed E-state index contributed by atoms with van der Waals surface area (Å²) in [5, 5.41) is 3.43. The van der Waals surface area contributed by atoms with E-state index in [0.717, 1.165) is 51.3 Å². The normalized spacial score (nSPS) is 23.3. The van der Waals surface area contributed by atoms with Crippen LogP contribution in [0, 0.1) is 5.41 Å². The van der Waals surface area contributed by atoms with Crippen molar-refractivity contribution in [2.45, 2.75) is 58.4 Å². The van der Waals surface area contributed by atoms with Gasteiger partial charge in [0, 0.05) is 40.3 Å². The van der Waals surface area contributed by atoms with Crippen LogP contribution in [0.3, 0.4) is 0 Å². The summed E-state index contributed by atoms with van der Waals surface area (Å²) < 4.78 is 0. The van der Waals surface area contributed by atoms with E-state index in [0.29, 0.717) is 12.6 Å². The summed E-state index contributed by atoms with van der Waals surface area (Å²) in [6, 6.07) is 0.609. The number of carbonyl (C=O) groups is 1. The molecule has 26 heavy (non-hydrogen) atoms. The van der Waals surface area contributed by atoms with E-state index in [1.54, 1.807) is 4.90 Å². The Morgan fingerprint density at radius 1 is 1.19 bits per heavy atom. The number of carbonyl (C=O) groups excluding carboxylic acids is 1. The third kappa shape index (κ3) is 4.90. The first-order valence-electron chi connectivity index (χ1n) is 10.4. The van der Waals surface area contributed by atoms with Crippen molar-refractivity contribution in [3.63, 3.8) is 0 Å². The maximum Gasteiger partial charge on any atom is 0.230 e. The lowest BCUT2D eigenvalue weighted by molar-refractivity contribution is -0.138. The van der Waals surface area contributed by atoms with E-state index in [4.69, 9.17) is 4.99 Å². The fourth-order valence-electron chi connectivity index (χ4n) is 4.58. The van der Waals surface area contributed by atoms with Crippen molar-refractivity contribution in [2.24, 2.45) is 10.4 Å². The third-order valence-electron chi connectivity index (χ3n) is 6.04. The lowest BCUT2D eigenvalue weighted by atomic mass is 9.85. The minimum absolute atomic E-state index is 0.241. The Morgan fingerprint density at radius 3 is 2.46 bits per heavy atom. The second kappa shape index (κ2) is 9.58. The molecule has 1 atom stereocenters. The lowest BCUT2D eigenvalue weighted by Gasteiger charge is -2.32. The van der Waals surface area contributed by atoms with E-state index in [1.807, 2.05) is 14.1 Å². The fourth-order valence-corrected chi connectivity index (χ4v) is 4.58. The van der Waals surface area contributed by atoms with Crippen LogP contribution in [0.4, 0.5) is 0 Å². The number of likely N-dealkylation sites (N-methyl/N-ethyl adjacent to an activating group) is 2. The van der Waals surface area contributed by atoms with Crippen LogP contribution in [0.1, 0.15) is 52.4 Å². The Hall–Kier alpha value is -1.30. The third-order valence-corrected chi connectivity index (χ3v) is 6.04. The van der Waals surface area contributed by atoms with Crippen molar-refractivity contribution in [1.29, 1.82) is 0 Å². The molecule has 1 aliphatic carbocycles. The summed E-state index contributed by atoms with van der Waals surface area (Å²) in [7, 11) is 5.86. The zero-order valence-electron chi connectivity index (χ0n) is 17.6. The van der Waals surface area contributed by atoms with Gasteiger partial charge in [0.05, 0.1) is 12.0 Å². The molecule has 0 radical (unpaired) electrons. The molecule has 2 rings (SSSR count). The quantitative estimate of drug-likeness (QED) is 0.554. The van der Waals surface area contributed by atoms with Crippen LogP contribution in [0.5, 0.6) is 0 Å². The van der Waals surface area contributed by atoms with E-state index < -0.39 is 0 Å². The van der Waals surface area contributed by atoms with Gasteiger partial charge in [0.1, 0.15) is 0 Å². The number of likely N-dealkylation sites (tertiary alicyclic amines) is 1. The molecule has 0 aromatic heterocycles. The Labute approximate surface area is 160 Å². The van der Waals surface area contributed by atoms with Gasteiger partial charge in [-0.2, -0.15) is 0 Å². The van der Waals surface area contributed by atoms with Gasteiger partial charge in [-0.3, -0.25) is 14.7 Å². The molecular weight excluding hydrogens is 326 g/mol. The highest BCUT2D eigenvalue weighted by Crippen LogP contribution is 2.39. The van der Waals surface area contributed by atoms with Crippen molar-refractivity contribution in [1.82, 2.24) is 20.0 Å². The second-order valence-electron chi connectivity index (χ2n) is 8.16. The average Bonchev–Trinajstić information content (AvgIpc) is 3.27. The standard InChI is InChI=1S/C20H39N5O/c1-6-21-19(24(5)15-17-11-10-14-25(17)7-2)22-16-20(12-8-9-13-20)18(26)23(3)4/h17H,6-16H2,1-5H3,(H,21,22). The van der Waals surface area contributed by atoms with E-state index in [-0.39, 0.29) is 11.3 Å². The van der Waals surface area contributed by atoms with E-state index in [9.17, 15) is 4.79 Å². The maximum atomic E-state index is 12.8. The molecule has 1 heterocycles. The average molecular weight is 366 g/mol. The summed E-state index contributed by atoms with van der Waals surface area (Å²) in [6.07, 6.45) is 6.75. The minimum atomic E-state index is -0.298. The smallest absolute Gasteiger partial charge is 0.230 e. The molecule has 0 aromatic rings. The number of amides is 1. The van der Waals surface area contributed by atoms with Gasteiger partial charge >= 0.3 is 0 Å². The van der Waals surface area contributed by atoms with Crippen molar-refractivity contribution in [3.05, 3.63) is 0 Å². The molecule has 2 fully saturated rings. The number of nitrogens with one attached hydrogen (secondary N) is 1. The van der Waals surface area contributed by atoms with Gasteiger partial charge in [0.2, 0.25) is 5.91 Å². The molecule has 0 spiro atoms. The topological polar surface area (TPSA) is 51.2 Å². The first-order valence-corrected chi connectivity index (χ1v) is 10.4. The van der Waals surface area contributed by atoms with Gasteiger partial charge in [-0.05, 0) is 45.7 Å². The molecular formula is C20H39N5O. The Morgan fingerprint density at radius 2 is 1.88 bits per heavy atom. The molecule has 1 aliphatic heterocycles. The largest absolute Gasteiger partial charge is 0.357 e. The predicted molar refractivity (Wildman–Crippen MR) is 108 cm³/mol. The SMILES string of the molecule is CCNC(=NCC1(C(=O)N(C)C)CCCC1)N(C)CC1CCCN1CC. The van der Waals surface area contributed by atoms with E-state index in [1.165, 1.54) is 19.4 Å². The first kappa shape index (κ1) is 21.0. The molecule has 150 valence electrons. The maximum absolute atomic E-state index is 12.8. The molecule has 0 aromatic carbocycles. The number of hydrogen-bond acceptors (Lipinski definition) is 3. The first-order chi connectivity index (χ1) is 12.4. The van der Waals surface area contributed by atoms with Crippen molar-refractivity contribution >= 4 is 11.9 Å². The highest BCUT2D eigenvalue weighted by molar-refractivity contribution is 5.84. The Bertz CT molecular complexity index is 485. The Kier molecular flexibility index (Phi) is 7.74. The van der Waals surface area contributed by atoms with E-state index in [2.05, 4.69) is 36.0 Å². The minimum Gasteiger partial charge on any atom is -0.357 e. The van der Waals surface area contributed by atoms with Crippen LogP contribution < -0.4 is 5.32 Å². The summed E-state index contributed by atoms with van der Waals surface area (Å²) in [5.74, 6) is 1.18. The van der Waals surface area contributed by atoms with Gasteiger partial charge in [0.15, 0.2) is 5.96 Å². The highest BCUT2D eigenvalue weighted by Gasteiger charge is 2.42. The number of nitrogens with zero attached hydrogens (tertiary/aromatic N) is 4. The van der Waals surface area contributed by atoms with Crippen LogP contribution >= 0.6 is 0 Å². The summed E-state index contributed by atoms with van der Waals surface area (Å²) >= 11 is 0. The lowest BCUT2D eigenvalue weighted by Crippen LogP contribution is -2.47. The van der Waals surface area contributed by atoms with Gasteiger partial charge in [-0.15, -0.1) is 0 Å². The molecule has 0 bridgehead atoms. The molecule has 1 unspecified atom stereocenters. The number of rotatable bonds is 7. The summed E-state index contributed by atoms with van der Waals surface area (Å²) in [5.41, 5.74) is -0.298. The van der Waals surface area contributed by atoms with Crippen molar-refractivity contribution in [2.75, 3.05) is 53.9 Å². The van der Waals surface area contributed by atoms with Crippen molar-refractivity contribution < 1.29 is 4.79 Å². The molecule has 1 saturated carbocycles. The highest BCUT2D eigenvalue weighted by atomic mass is 16.2. The number of aliphatic imine (C=N–C) groups is 1. The van der Waals surface area contributed by atoms with Gasteiger partial charge in [-0.1, -0.05) is 19.8 Å². The molecule has 2 aliphatic rings. The van der Waals surface area contributed by atoms with Crippen LogP contribution in [-0.4, -0.2) is 86.5 Å².